The molecule has 18 heavy (non-hydrogen) atoms. The van der Waals surface area contributed by atoms with Crippen LogP contribution in [-0.4, -0.2) is 41.7 Å². The molecule has 2 saturated heterocycles. The van der Waals surface area contributed by atoms with Gasteiger partial charge >= 0.3 is 6.09 Å². The maximum atomic E-state index is 11.9. The fourth-order valence-electron chi connectivity index (χ4n) is 2.52. The van der Waals surface area contributed by atoms with Gasteiger partial charge in [-0.2, -0.15) is 0 Å². The van der Waals surface area contributed by atoms with E-state index in [0.29, 0.717) is 16.8 Å². The van der Waals surface area contributed by atoms with Crippen LogP contribution in [0.4, 0.5) is 4.79 Å². The second kappa shape index (κ2) is 4.74. The lowest BCUT2D eigenvalue weighted by molar-refractivity contribution is 0.0105. The van der Waals surface area contributed by atoms with E-state index >= 15 is 0 Å². The predicted octanol–water partition coefficient (Wildman–Crippen LogP) is 1.53. The van der Waals surface area contributed by atoms with Crippen molar-refractivity contribution in [2.75, 3.05) is 19.6 Å². The molecule has 2 atom stereocenters. The Labute approximate surface area is 110 Å². The third-order valence-corrected chi connectivity index (χ3v) is 3.78. The number of carbonyl (C=O) groups excluding carboxylic acids is 1. The minimum Gasteiger partial charge on any atom is -0.409 e. The number of carbonyl (C=O) groups is 1. The molecule has 1 aromatic heterocycles. The highest BCUT2D eigenvalue weighted by atomic mass is 35.5. The summed E-state index contributed by atoms with van der Waals surface area (Å²) >= 11 is 5.67. The fraction of sp³-hybridized carbons (Fsp3) is 0.500. The van der Waals surface area contributed by atoms with Crippen LogP contribution in [0, 0.1) is 5.92 Å². The third-order valence-electron chi connectivity index (χ3n) is 3.56. The van der Waals surface area contributed by atoms with Crippen molar-refractivity contribution in [1.29, 1.82) is 0 Å². The smallest absolute Gasteiger partial charge is 0.409 e. The van der Waals surface area contributed by atoms with Crippen LogP contribution < -0.4 is 10.1 Å². The van der Waals surface area contributed by atoms with E-state index in [4.69, 9.17) is 16.3 Å². The van der Waals surface area contributed by atoms with Gasteiger partial charge in [0.2, 0.25) is 0 Å². The van der Waals surface area contributed by atoms with Crippen LogP contribution in [0.25, 0.3) is 0 Å². The number of aromatic nitrogens is 1. The van der Waals surface area contributed by atoms with Crippen molar-refractivity contribution < 1.29 is 9.53 Å². The lowest BCUT2D eigenvalue weighted by atomic mass is 9.84. The summed E-state index contributed by atoms with van der Waals surface area (Å²) in [6, 6.07) is 3.53. The summed E-state index contributed by atoms with van der Waals surface area (Å²) < 4.78 is 5.26. The quantitative estimate of drug-likeness (QED) is 0.784. The summed E-state index contributed by atoms with van der Waals surface area (Å²) in [6.45, 7) is 2.70. The van der Waals surface area contributed by atoms with Gasteiger partial charge in [-0.25, -0.2) is 9.78 Å². The molecule has 1 N–H and O–H groups in total. The van der Waals surface area contributed by atoms with Crippen molar-refractivity contribution in [3.05, 3.63) is 23.5 Å². The molecule has 2 aliphatic heterocycles. The van der Waals surface area contributed by atoms with Crippen molar-refractivity contribution in [2.24, 2.45) is 5.92 Å². The van der Waals surface area contributed by atoms with Gasteiger partial charge in [-0.3, -0.25) is 0 Å². The van der Waals surface area contributed by atoms with Gasteiger partial charge in [-0.05, 0) is 31.0 Å². The normalized spacial score (nSPS) is 26.2. The predicted molar refractivity (Wildman–Crippen MR) is 66.7 cm³/mol. The Hall–Kier alpha value is -1.33. The third kappa shape index (κ3) is 2.15. The summed E-state index contributed by atoms with van der Waals surface area (Å²) in [5.74, 6) is 1.05. The number of rotatable bonds is 1. The lowest BCUT2D eigenvalue weighted by Crippen LogP contribution is -2.65. The van der Waals surface area contributed by atoms with E-state index in [2.05, 4.69) is 10.3 Å². The number of fused-ring (bicyclic) bond motifs is 1. The molecule has 0 saturated carbocycles. The van der Waals surface area contributed by atoms with Crippen LogP contribution in [0.2, 0.25) is 5.15 Å². The van der Waals surface area contributed by atoms with Gasteiger partial charge in [0.15, 0.2) is 5.75 Å². The number of halogens is 1. The molecule has 2 unspecified atom stereocenters. The van der Waals surface area contributed by atoms with Crippen LogP contribution in [0.5, 0.6) is 5.75 Å². The number of amides is 1. The van der Waals surface area contributed by atoms with Crippen LogP contribution in [0.3, 0.4) is 0 Å². The maximum absolute atomic E-state index is 11.9. The standard InChI is InChI=1S/C12H14ClN3O2/c13-11-2-1-9(5-15-11)18-12(17)16-7-8-3-4-14-6-10(8)16/h1-2,5,8,10,14H,3-4,6-7H2. The van der Waals surface area contributed by atoms with Crippen molar-refractivity contribution in [3.8, 4) is 5.75 Å². The monoisotopic (exact) mass is 267 g/mol. The fourth-order valence-corrected chi connectivity index (χ4v) is 2.63. The van der Waals surface area contributed by atoms with Crippen molar-refractivity contribution in [1.82, 2.24) is 15.2 Å². The van der Waals surface area contributed by atoms with Gasteiger partial charge < -0.3 is 15.0 Å². The molecule has 2 fully saturated rings. The molecule has 0 spiro atoms. The minimum atomic E-state index is -0.302. The number of piperidine rings is 1. The van der Waals surface area contributed by atoms with E-state index in [1.807, 2.05) is 0 Å². The first-order chi connectivity index (χ1) is 8.74. The Morgan fingerprint density at radius 3 is 3.17 bits per heavy atom. The SMILES string of the molecule is O=C(Oc1ccc(Cl)nc1)N1CC2CCNCC21. The topological polar surface area (TPSA) is 54.5 Å². The second-order valence-electron chi connectivity index (χ2n) is 4.66. The number of hydrogen-bond donors (Lipinski definition) is 1. The molecular weight excluding hydrogens is 254 g/mol. The first kappa shape index (κ1) is 11.7. The number of pyridine rings is 1. The Morgan fingerprint density at radius 2 is 2.44 bits per heavy atom. The average Bonchev–Trinajstić information content (AvgIpc) is 2.34. The molecule has 0 aliphatic carbocycles. The van der Waals surface area contributed by atoms with E-state index in [-0.39, 0.29) is 12.1 Å². The van der Waals surface area contributed by atoms with Gasteiger partial charge in [-0.15, -0.1) is 0 Å². The largest absolute Gasteiger partial charge is 0.415 e. The highest BCUT2D eigenvalue weighted by Crippen LogP contribution is 2.30. The number of nitrogens with zero attached hydrogens (tertiary/aromatic N) is 2. The molecule has 2 aliphatic rings. The van der Waals surface area contributed by atoms with Crippen LogP contribution in [0.1, 0.15) is 6.42 Å². The van der Waals surface area contributed by atoms with E-state index < -0.39 is 0 Å². The summed E-state index contributed by atoms with van der Waals surface area (Å²) in [7, 11) is 0. The Morgan fingerprint density at radius 1 is 1.56 bits per heavy atom. The number of ether oxygens (including phenoxy) is 1. The van der Waals surface area contributed by atoms with Gasteiger partial charge in [0.25, 0.3) is 0 Å². The first-order valence-corrected chi connectivity index (χ1v) is 6.42. The molecule has 0 aromatic carbocycles. The van der Waals surface area contributed by atoms with E-state index in [1.54, 1.807) is 17.0 Å². The molecule has 0 bridgehead atoms. The molecule has 1 amide bonds. The summed E-state index contributed by atoms with van der Waals surface area (Å²) in [5.41, 5.74) is 0. The summed E-state index contributed by atoms with van der Waals surface area (Å²) in [5, 5.41) is 3.68. The molecular formula is C12H14ClN3O2. The zero-order valence-electron chi connectivity index (χ0n) is 9.80. The van der Waals surface area contributed by atoms with E-state index in [0.717, 1.165) is 26.1 Å². The Kier molecular flexibility index (Phi) is 3.09. The van der Waals surface area contributed by atoms with Crippen molar-refractivity contribution >= 4 is 17.7 Å². The van der Waals surface area contributed by atoms with Gasteiger partial charge in [0.1, 0.15) is 5.15 Å². The van der Waals surface area contributed by atoms with Crippen LogP contribution >= 0.6 is 11.6 Å². The van der Waals surface area contributed by atoms with Crippen molar-refractivity contribution in [2.45, 2.75) is 12.5 Å². The number of likely N-dealkylation sites (tertiary alicyclic amines) is 1. The second-order valence-corrected chi connectivity index (χ2v) is 5.04. The lowest BCUT2D eigenvalue weighted by Gasteiger charge is -2.49. The molecule has 3 rings (SSSR count). The number of hydrogen-bond acceptors (Lipinski definition) is 4. The van der Waals surface area contributed by atoms with Crippen LogP contribution in [0.15, 0.2) is 18.3 Å². The molecule has 5 nitrogen and oxygen atoms in total. The first-order valence-electron chi connectivity index (χ1n) is 6.05. The van der Waals surface area contributed by atoms with Gasteiger partial charge in [0.05, 0.1) is 12.2 Å². The maximum Gasteiger partial charge on any atom is 0.415 e. The van der Waals surface area contributed by atoms with Crippen LogP contribution in [-0.2, 0) is 0 Å². The van der Waals surface area contributed by atoms with Gasteiger partial charge in [0, 0.05) is 13.1 Å². The zero-order chi connectivity index (χ0) is 12.5. The van der Waals surface area contributed by atoms with E-state index in [1.165, 1.54) is 6.20 Å². The highest BCUT2D eigenvalue weighted by molar-refractivity contribution is 6.29. The molecule has 6 heteroatoms. The zero-order valence-corrected chi connectivity index (χ0v) is 10.6. The average molecular weight is 268 g/mol. The Balaban J connectivity index is 1.60. The number of nitrogens with one attached hydrogen (secondary N) is 1. The van der Waals surface area contributed by atoms with Gasteiger partial charge in [-0.1, -0.05) is 11.6 Å². The molecule has 3 heterocycles. The van der Waals surface area contributed by atoms with E-state index in [9.17, 15) is 4.79 Å². The molecule has 1 aromatic rings. The summed E-state index contributed by atoms with van der Waals surface area (Å²) in [4.78, 5) is 17.6. The molecule has 96 valence electrons. The minimum absolute atomic E-state index is 0.284. The van der Waals surface area contributed by atoms with Crippen molar-refractivity contribution in [3.63, 3.8) is 0 Å². The summed E-state index contributed by atoms with van der Waals surface area (Å²) in [6.07, 6.45) is 2.29. The Bertz CT molecular complexity index is 451. The molecule has 0 radical (unpaired) electrons. The highest BCUT2D eigenvalue weighted by Gasteiger charge is 2.43.